The topological polar surface area (TPSA) is 0 Å². The summed E-state index contributed by atoms with van der Waals surface area (Å²) in [6.45, 7) is 0. The van der Waals surface area contributed by atoms with E-state index in [0.29, 0.717) is 0 Å². The van der Waals surface area contributed by atoms with Crippen LogP contribution in [-0.4, -0.2) is 0 Å². The zero-order valence-electron chi connectivity index (χ0n) is 25.9. The molecule has 0 nitrogen and oxygen atoms in total. The molecule has 218 valence electrons. The second-order valence-electron chi connectivity index (χ2n) is 12.8. The minimum absolute atomic E-state index is 0.971. The predicted molar refractivity (Wildman–Crippen MR) is 201 cm³/mol. The predicted octanol–water partition coefficient (Wildman–Crippen LogP) is 12.9. The molecule has 0 radical (unpaired) electrons. The van der Waals surface area contributed by atoms with Crippen LogP contribution in [0.2, 0.25) is 0 Å². The zero-order valence-corrected chi connectivity index (χ0v) is 25.9. The van der Waals surface area contributed by atoms with E-state index in [0.717, 1.165) is 6.42 Å². The Morgan fingerprint density at radius 1 is 0.298 bits per heavy atom. The van der Waals surface area contributed by atoms with Gasteiger partial charge in [-0.05, 0) is 111 Å². The number of fused-ring (bicyclic) bond motifs is 7. The van der Waals surface area contributed by atoms with Gasteiger partial charge in [0.1, 0.15) is 0 Å². The van der Waals surface area contributed by atoms with Crippen LogP contribution >= 0.6 is 0 Å². The van der Waals surface area contributed by atoms with E-state index in [2.05, 4.69) is 170 Å². The molecular weight excluding hydrogens is 565 g/mol. The summed E-state index contributed by atoms with van der Waals surface area (Å²) in [5.74, 6) is 0. The third-order valence-corrected chi connectivity index (χ3v) is 10.3. The molecular formula is C47H30. The van der Waals surface area contributed by atoms with E-state index >= 15 is 0 Å². The fraction of sp³-hybridized carbons (Fsp3) is 0.0213. The van der Waals surface area contributed by atoms with Gasteiger partial charge in [-0.25, -0.2) is 0 Å². The molecule has 0 aliphatic heterocycles. The van der Waals surface area contributed by atoms with Crippen LogP contribution in [0.5, 0.6) is 0 Å². The second-order valence-corrected chi connectivity index (χ2v) is 12.8. The lowest BCUT2D eigenvalue weighted by molar-refractivity contribution is 1.27. The van der Waals surface area contributed by atoms with Gasteiger partial charge < -0.3 is 0 Å². The van der Waals surface area contributed by atoms with Crippen molar-refractivity contribution in [2.75, 3.05) is 0 Å². The smallest absolute Gasteiger partial charge is 0.000706 e. The van der Waals surface area contributed by atoms with Crippen LogP contribution in [0.3, 0.4) is 0 Å². The molecule has 1 aliphatic rings. The first-order valence-corrected chi connectivity index (χ1v) is 16.5. The van der Waals surface area contributed by atoms with Crippen LogP contribution in [0.4, 0.5) is 0 Å². The molecule has 0 heterocycles. The zero-order chi connectivity index (χ0) is 30.9. The van der Waals surface area contributed by atoms with Crippen LogP contribution in [0.15, 0.2) is 170 Å². The summed E-state index contributed by atoms with van der Waals surface area (Å²) in [5.41, 5.74) is 13.4. The molecule has 10 rings (SSSR count). The van der Waals surface area contributed by atoms with Gasteiger partial charge in [-0.2, -0.15) is 0 Å². The third kappa shape index (κ3) is 3.95. The Kier molecular flexibility index (Phi) is 5.74. The molecule has 0 bridgehead atoms. The lowest BCUT2D eigenvalue weighted by Gasteiger charge is -2.19. The van der Waals surface area contributed by atoms with Crippen molar-refractivity contribution < 1.29 is 0 Å². The summed E-state index contributed by atoms with van der Waals surface area (Å²) in [6.07, 6.45) is 0.971. The van der Waals surface area contributed by atoms with Crippen molar-refractivity contribution in [1.29, 1.82) is 0 Å². The van der Waals surface area contributed by atoms with Crippen molar-refractivity contribution in [3.63, 3.8) is 0 Å². The maximum Gasteiger partial charge on any atom is -0.000706 e. The number of hydrogen-bond acceptors (Lipinski definition) is 0. The second kappa shape index (κ2) is 10.3. The van der Waals surface area contributed by atoms with Gasteiger partial charge in [0.25, 0.3) is 0 Å². The molecule has 0 saturated carbocycles. The standard InChI is InChI=1S/C47H30/c1-4-16-35-30(12-1)15-11-23-38(35)47-41-21-9-7-19-39(41)46(40-20-8-10-22-42(40)47)32-26-24-31(25-27-32)45-37-18-6-3-14-34(37)28-43-36-17-5-2-13-33(36)29-44(43)45/h1-28H,29H2. The molecule has 0 saturated heterocycles. The highest BCUT2D eigenvalue weighted by Crippen LogP contribution is 2.48. The average molecular weight is 595 g/mol. The molecule has 1 aliphatic carbocycles. The van der Waals surface area contributed by atoms with Crippen LogP contribution < -0.4 is 0 Å². The van der Waals surface area contributed by atoms with Gasteiger partial charge >= 0.3 is 0 Å². The van der Waals surface area contributed by atoms with E-state index in [-0.39, 0.29) is 0 Å². The van der Waals surface area contributed by atoms with Crippen molar-refractivity contribution in [2.24, 2.45) is 0 Å². The Balaban J connectivity index is 1.20. The van der Waals surface area contributed by atoms with E-state index < -0.39 is 0 Å². The number of hydrogen-bond donors (Lipinski definition) is 0. The van der Waals surface area contributed by atoms with Gasteiger partial charge in [-0.15, -0.1) is 0 Å². The van der Waals surface area contributed by atoms with Gasteiger partial charge in [0, 0.05) is 0 Å². The fourth-order valence-corrected chi connectivity index (χ4v) is 8.25. The van der Waals surface area contributed by atoms with Crippen LogP contribution in [-0.2, 0) is 6.42 Å². The molecule has 0 aromatic heterocycles. The molecule has 0 N–H and O–H groups in total. The van der Waals surface area contributed by atoms with Crippen molar-refractivity contribution in [2.45, 2.75) is 6.42 Å². The lowest BCUT2D eigenvalue weighted by atomic mass is 9.84. The Labute approximate surface area is 274 Å². The summed E-state index contributed by atoms with van der Waals surface area (Å²) in [6, 6.07) is 62.9. The molecule has 0 unspecified atom stereocenters. The molecule has 0 amide bonds. The van der Waals surface area contributed by atoms with Crippen molar-refractivity contribution >= 4 is 43.1 Å². The third-order valence-electron chi connectivity index (χ3n) is 10.3. The van der Waals surface area contributed by atoms with E-state index in [9.17, 15) is 0 Å². The minimum Gasteiger partial charge on any atom is -0.0619 e. The summed E-state index contributed by atoms with van der Waals surface area (Å²) >= 11 is 0. The highest BCUT2D eigenvalue weighted by atomic mass is 14.3. The van der Waals surface area contributed by atoms with Crippen LogP contribution in [0.25, 0.3) is 87.6 Å². The molecule has 9 aromatic carbocycles. The van der Waals surface area contributed by atoms with Crippen LogP contribution in [0.1, 0.15) is 11.1 Å². The van der Waals surface area contributed by atoms with E-state index in [1.807, 2.05) is 0 Å². The first-order valence-electron chi connectivity index (χ1n) is 16.5. The molecule has 0 atom stereocenters. The average Bonchev–Trinajstić information content (AvgIpc) is 3.51. The maximum atomic E-state index is 2.39. The van der Waals surface area contributed by atoms with Gasteiger partial charge in [-0.1, -0.05) is 164 Å². The first kappa shape index (κ1) is 26.3. The van der Waals surface area contributed by atoms with Crippen molar-refractivity contribution in [3.8, 4) is 44.5 Å². The molecule has 0 heteroatoms. The highest BCUT2D eigenvalue weighted by molar-refractivity contribution is 6.23. The van der Waals surface area contributed by atoms with E-state index in [1.54, 1.807) is 0 Å². The molecule has 0 fully saturated rings. The fourth-order valence-electron chi connectivity index (χ4n) is 8.25. The van der Waals surface area contributed by atoms with Crippen molar-refractivity contribution in [1.82, 2.24) is 0 Å². The van der Waals surface area contributed by atoms with E-state index in [4.69, 9.17) is 0 Å². The Hall–Kier alpha value is -5.98. The van der Waals surface area contributed by atoms with E-state index in [1.165, 1.54) is 98.7 Å². The minimum atomic E-state index is 0.971. The number of rotatable bonds is 3. The maximum absolute atomic E-state index is 2.39. The monoisotopic (exact) mass is 594 g/mol. The van der Waals surface area contributed by atoms with Gasteiger partial charge in [0.05, 0.1) is 0 Å². The highest BCUT2D eigenvalue weighted by Gasteiger charge is 2.24. The van der Waals surface area contributed by atoms with Crippen molar-refractivity contribution in [3.05, 3.63) is 181 Å². The summed E-state index contributed by atoms with van der Waals surface area (Å²) in [4.78, 5) is 0. The summed E-state index contributed by atoms with van der Waals surface area (Å²) < 4.78 is 0. The quantitative estimate of drug-likeness (QED) is 0.179. The van der Waals surface area contributed by atoms with Gasteiger partial charge in [0.15, 0.2) is 0 Å². The Morgan fingerprint density at radius 2 is 0.787 bits per heavy atom. The lowest BCUT2D eigenvalue weighted by Crippen LogP contribution is -1.93. The summed E-state index contributed by atoms with van der Waals surface area (Å²) in [5, 5.41) is 10.3. The SMILES string of the molecule is c1ccc2c(c1)Cc1c-2cc2ccccc2c1-c1ccc(-c2c3ccccc3c(-c3cccc4ccccc34)c3ccccc23)cc1. The molecule has 9 aromatic rings. The number of benzene rings is 9. The normalized spacial score (nSPS) is 12.2. The largest absolute Gasteiger partial charge is 0.0619 e. The van der Waals surface area contributed by atoms with Gasteiger partial charge in [0.2, 0.25) is 0 Å². The Morgan fingerprint density at radius 3 is 1.49 bits per heavy atom. The molecule has 47 heavy (non-hydrogen) atoms. The van der Waals surface area contributed by atoms with Crippen LogP contribution in [0, 0.1) is 0 Å². The summed E-state index contributed by atoms with van der Waals surface area (Å²) in [7, 11) is 0. The van der Waals surface area contributed by atoms with Gasteiger partial charge in [-0.3, -0.25) is 0 Å². The molecule has 0 spiro atoms. The first-order chi connectivity index (χ1) is 23.3. The Bertz CT molecular complexity index is 2630.